The summed E-state index contributed by atoms with van der Waals surface area (Å²) in [5, 5.41) is 14.1. The van der Waals surface area contributed by atoms with Crippen LogP contribution >= 0.6 is 0 Å². The molecule has 1 atom stereocenters. The quantitative estimate of drug-likeness (QED) is 0.676. The molecule has 0 aromatic heterocycles. The monoisotopic (exact) mass is 194 g/mol. The summed E-state index contributed by atoms with van der Waals surface area (Å²) in [6.45, 7) is 1.86. The Morgan fingerprint density at radius 3 is 2.64 bits per heavy atom. The SMILES string of the molecule is CC(O)CNC(=O)Nc1ccccc1. The lowest BCUT2D eigenvalue weighted by Gasteiger charge is -2.08. The van der Waals surface area contributed by atoms with Crippen molar-refractivity contribution in [2.24, 2.45) is 0 Å². The third-order valence-electron chi connectivity index (χ3n) is 1.59. The van der Waals surface area contributed by atoms with Gasteiger partial charge in [0, 0.05) is 12.2 Å². The Kier molecular flexibility index (Phi) is 3.94. The number of hydrogen-bond donors (Lipinski definition) is 3. The van der Waals surface area contributed by atoms with E-state index in [-0.39, 0.29) is 12.6 Å². The second kappa shape index (κ2) is 5.24. The average Bonchev–Trinajstić information content (AvgIpc) is 2.16. The molecule has 4 heteroatoms. The van der Waals surface area contributed by atoms with Gasteiger partial charge < -0.3 is 15.7 Å². The minimum atomic E-state index is -0.531. The van der Waals surface area contributed by atoms with E-state index in [0.717, 1.165) is 5.69 Å². The Hall–Kier alpha value is -1.55. The summed E-state index contributed by atoms with van der Waals surface area (Å²) in [5.74, 6) is 0. The van der Waals surface area contributed by atoms with Crippen LogP contribution < -0.4 is 10.6 Å². The Labute approximate surface area is 82.9 Å². The van der Waals surface area contributed by atoms with Crippen molar-refractivity contribution < 1.29 is 9.90 Å². The highest BCUT2D eigenvalue weighted by Crippen LogP contribution is 2.03. The summed E-state index contributed by atoms with van der Waals surface area (Å²) in [4.78, 5) is 11.2. The lowest BCUT2D eigenvalue weighted by molar-refractivity contribution is 0.190. The van der Waals surface area contributed by atoms with Crippen molar-refractivity contribution in [3.05, 3.63) is 30.3 Å². The molecule has 1 aromatic rings. The largest absolute Gasteiger partial charge is 0.392 e. The molecule has 0 bridgehead atoms. The summed E-state index contributed by atoms with van der Waals surface area (Å²) in [5.41, 5.74) is 0.732. The number of carbonyl (C=O) groups excluding carboxylic acids is 1. The molecule has 0 saturated heterocycles. The molecule has 2 amide bonds. The van der Waals surface area contributed by atoms with Crippen LogP contribution in [0, 0.1) is 0 Å². The van der Waals surface area contributed by atoms with Gasteiger partial charge in [-0.05, 0) is 19.1 Å². The minimum Gasteiger partial charge on any atom is -0.392 e. The number of urea groups is 1. The van der Waals surface area contributed by atoms with E-state index >= 15 is 0 Å². The normalized spacial score (nSPS) is 11.9. The van der Waals surface area contributed by atoms with Gasteiger partial charge in [-0.25, -0.2) is 4.79 Å². The fraction of sp³-hybridized carbons (Fsp3) is 0.300. The van der Waals surface area contributed by atoms with Gasteiger partial charge in [-0.1, -0.05) is 18.2 Å². The lowest BCUT2D eigenvalue weighted by Crippen LogP contribution is -2.34. The van der Waals surface area contributed by atoms with Gasteiger partial charge in [-0.2, -0.15) is 0 Å². The van der Waals surface area contributed by atoms with Gasteiger partial charge in [0.1, 0.15) is 0 Å². The van der Waals surface area contributed by atoms with E-state index < -0.39 is 6.10 Å². The van der Waals surface area contributed by atoms with Crippen molar-refractivity contribution in [2.45, 2.75) is 13.0 Å². The number of aliphatic hydroxyl groups is 1. The van der Waals surface area contributed by atoms with E-state index in [9.17, 15) is 4.79 Å². The van der Waals surface area contributed by atoms with E-state index in [0.29, 0.717) is 0 Å². The van der Waals surface area contributed by atoms with E-state index in [1.807, 2.05) is 18.2 Å². The molecule has 1 unspecified atom stereocenters. The van der Waals surface area contributed by atoms with Crippen molar-refractivity contribution in [1.29, 1.82) is 0 Å². The maximum Gasteiger partial charge on any atom is 0.319 e. The molecule has 0 aliphatic carbocycles. The van der Waals surface area contributed by atoms with Crippen LogP contribution in [0.5, 0.6) is 0 Å². The van der Waals surface area contributed by atoms with Gasteiger partial charge in [0.2, 0.25) is 0 Å². The number of nitrogens with one attached hydrogen (secondary N) is 2. The molecule has 1 aromatic carbocycles. The molecule has 3 N–H and O–H groups in total. The zero-order valence-electron chi connectivity index (χ0n) is 8.03. The summed E-state index contributed by atoms with van der Waals surface area (Å²) in [6, 6.07) is 8.83. The van der Waals surface area contributed by atoms with Crippen LogP contribution in [0.3, 0.4) is 0 Å². The second-order valence-electron chi connectivity index (χ2n) is 3.05. The van der Waals surface area contributed by atoms with Crippen molar-refractivity contribution in [1.82, 2.24) is 5.32 Å². The van der Waals surface area contributed by atoms with Crippen LogP contribution in [0.2, 0.25) is 0 Å². The first-order valence-electron chi connectivity index (χ1n) is 4.46. The first-order valence-corrected chi connectivity index (χ1v) is 4.46. The number of hydrogen-bond acceptors (Lipinski definition) is 2. The second-order valence-corrected chi connectivity index (χ2v) is 3.05. The Bertz CT molecular complexity index is 285. The molecule has 0 aliphatic rings. The molecule has 76 valence electrons. The van der Waals surface area contributed by atoms with Crippen LogP contribution in [-0.2, 0) is 0 Å². The number of benzene rings is 1. The van der Waals surface area contributed by atoms with E-state index in [2.05, 4.69) is 10.6 Å². The minimum absolute atomic E-state index is 0.249. The van der Waals surface area contributed by atoms with Crippen molar-refractivity contribution in [3.63, 3.8) is 0 Å². The molecule has 14 heavy (non-hydrogen) atoms. The number of para-hydroxylation sites is 1. The van der Waals surface area contributed by atoms with Crippen LogP contribution in [0.25, 0.3) is 0 Å². The number of anilines is 1. The molecule has 0 spiro atoms. The summed E-state index contributed by atoms with van der Waals surface area (Å²) >= 11 is 0. The van der Waals surface area contributed by atoms with Crippen LogP contribution in [-0.4, -0.2) is 23.8 Å². The van der Waals surface area contributed by atoms with Gasteiger partial charge in [-0.15, -0.1) is 0 Å². The molecule has 0 heterocycles. The van der Waals surface area contributed by atoms with Gasteiger partial charge in [0.05, 0.1) is 6.10 Å². The molecule has 0 fully saturated rings. The Morgan fingerprint density at radius 2 is 2.07 bits per heavy atom. The third kappa shape index (κ3) is 3.91. The number of aliphatic hydroxyl groups excluding tert-OH is 1. The summed E-state index contributed by atoms with van der Waals surface area (Å²) < 4.78 is 0. The third-order valence-corrected chi connectivity index (χ3v) is 1.59. The Balaban J connectivity index is 2.35. The zero-order valence-corrected chi connectivity index (χ0v) is 8.03. The summed E-state index contributed by atoms with van der Waals surface area (Å²) in [6.07, 6.45) is -0.531. The smallest absolute Gasteiger partial charge is 0.319 e. The zero-order chi connectivity index (χ0) is 10.4. The predicted octanol–water partition coefficient (Wildman–Crippen LogP) is 1.19. The van der Waals surface area contributed by atoms with Crippen LogP contribution in [0.15, 0.2) is 30.3 Å². The highest BCUT2D eigenvalue weighted by molar-refractivity contribution is 5.89. The summed E-state index contributed by atoms with van der Waals surface area (Å²) in [7, 11) is 0. The maximum absolute atomic E-state index is 11.2. The van der Waals surface area contributed by atoms with Crippen molar-refractivity contribution in [3.8, 4) is 0 Å². The lowest BCUT2D eigenvalue weighted by atomic mass is 10.3. The molecule has 0 saturated carbocycles. The van der Waals surface area contributed by atoms with Gasteiger partial charge >= 0.3 is 6.03 Å². The standard InChI is InChI=1S/C10H14N2O2/c1-8(13)7-11-10(14)12-9-5-3-2-4-6-9/h2-6,8,13H,7H2,1H3,(H2,11,12,14). The molecule has 0 aliphatic heterocycles. The molecular weight excluding hydrogens is 180 g/mol. The van der Waals surface area contributed by atoms with Crippen molar-refractivity contribution in [2.75, 3.05) is 11.9 Å². The highest BCUT2D eigenvalue weighted by Gasteiger charge is 2.01. The van der Waals surface area contributed by atoms with Gasteiger partial charge in [0.25, 0.3) is 0 Å². The fourth-order valence-electron chi connectivity index (χ4n) is 0.937. The van der Waals surface area contributed by atoms with E-state index in [1.54, 1.807) is 19.1 Å². The van der Waals surface area contributed by atoms with E-state index in [4.69, 9.17) is 5.11 Å². The highest BCUT2D eigenvalue weighted by atomic mass is 16.3. The molecule has 1 rings (SSSR count). The maximum atomic E-state index is 11.2. The molecule has 0 radical (unpaired) electrons. The first-order chi connectivity index (χ1) is 6.68. The van der Waals surface area contributed by atoms with E-state index in [1.165, 1.54) is 0 Å². The number of carbonyl (C=O) groups is 1. The number of rotatable bonds is 3. The first kappa shape index (κ1) is 10.5. The van der Waals surface area contributed by atoms with Gasteiger partial charge in [0.15, 0.2) is 0 Å². The fourth-order valence-corrected chi connectivity index (χ4v) is 0.937. The van der Waals surface area contributed by atoms with Crippen LogP contribution in [0.4, 0.5) is 10.5 Å². The Morgan fingerprint density at radius 1 is 1.43 bits per heavy atom. The molecular formula is C10H14N2O2. The van der Waals surface area contributed by atoms with Crippen LogP contribution in [0.1, 0.15) is 6.92 Å². The number of amides is 2. The predicted molar refractivity (Wildman–Crippen MR) is 55.1 cm³/mol. The topological polar surface area (TPSA) is 61.4 Å². The molecule has 4 nitrogen and oxygen atoms in total. The van der Waals surface area contributed by atoms with Crippen molar-refractivity contribution >= 4 is 11.7 Å². The van der Waals surface area contributed by atoms with Gasteiger partial charge in [-0.3, -0.25) is 0 Å². The average molecular weight is 194 g/mol.